The molecule has 0 fully saturated rings. The van der Waals surface area contributed by atoms with Gasteiger partial charge in [0.2, 0.25) is 0 Å². The summed E-state index contributed by atoms with van der Waals surface area (Å²) in [6, 6.07) is 9.20. The topological polar surface area (TPSA) is 57.8 Å². The number of aryl methyl sites for hydroxylation is 1. The average molecular weight is 297 g/mol. The fraction of sp³-hybridized carbons (Fsp3) is 0.176. The van der Waals surface area contributed by atoms with Gasteiger partial charge in [0.25, 0.3) is 5.91 Å². The van der Waals surface area contributed by atoms with Crippen molar-refractivity contribution in [1.82, 2.24) is 4.57 Å². The second kappa shape index (κ2) is 6.27. The molecule has 1 amide bonds. The molecule has 0 saturated heterocycles. The van der Waals surface area contributed by atoms with E-state index < -0.39 is 5.91 Å². The number of nitrogens with one attached hydrogen (secondary N) is 1. The van der Waals surface area contributed by atoms with Crippen LogP contribution in [0.5, 0.6) is 0 Å². The van der Waals surface area contributed by atoms with Gasteiger partial charge in [-0.3, -0.25) is 4.79 Å². The summed E-state index contributed by atoms with van der Waals surface area (Å²) in [5.74, 6) is -0.903. The van der Waals surface area contributed by atoms with E-state index in [0.717, 1.165) is 17.0 Å². The van der Waals surface area contributed by atoms with Crippen molar-refractivity contribution >= 4 is 17.7 Å². The van der Waals surface area contributed by atoms with Gasteiger partial charge >= 0.3 is 0 Å². The first-order valence-electron chi connectivity index (χ1n) is 6.74. The monoisotopic (exact) mass is 297 g/mol. The summed E-state index contributed by atoms with van der Waals surface area (Å²) in [4.78, 5) is 12.1. The first-order valence-corrected chi connectivity index (χ1v) is 6.74. The largest absolute Gasteiger partial charge is 0.352 e. The molecule has 5 heteroatoms. The number of carbonyl (C=O) groups excluding carboxylic acids is 1. The molecule has 112 valence electrons. The molecule has 1 heterocycles. The van der Waals surface area contributed by atoms with Gasteiger partial charge in [-0.25, -0.2) is 4.39 Å². The van der Waals surface area contributed by atoms with Crippen LogP contribution in [0, 0.1) is 31.0 Å². The Hall–Kier alpha value is -2.87. The van der Waals surface area contributed by atoms with Gasteiger partial charge in [-0.05, 0) is 55.8 Å². The Balaban J connectivity index is 2.25. The predicted octanol–water partition coefficient (Wildman–Crippen LogP) is 3.33. The van der Waals surface area contributed by atoms with Crippen LogP contribution in [0.25, 0.3) is 6.08 Å². The highest BCUT2D eigenvalue weighted by Crippen LogP contribution is 2.17. The Morgan fingerprint density at radius 3 is 2.45 bits per heavy atom. The van der Waals surface area contributed by atoms with Crippen LogP contribution in [0.1, 0.15) is 17.0 Å². The number of nitriles is 1. The lowest BCUT2D eigenvalue weighted by atomic mass is 10.1. The first-order chi connectivity index (χ1) is 10.4. The molecule has 0 unspecified atom stereocenters. The zero-order valence-electron chi connectivity index (χ0n) is 12.6. The van der Waals surface area contributed by atoms with Crippen molar-refractivity contribution in [2.75, 3.05) is 5.32 Å². The number of nitrogens with zero attached hydrogens (tertiary/aromatic N) is 2. The molecular weight excluding hydrogens is 281 g/mol. The normalized spacial score (nSPS) is 11.1. The third-order valence-corrected chi connectivity index (χ3v) is 3.58. The number of benzene rings is 1. The summed E-state index contributed by atoms with van der Waals surface area (Å²) >= 11 is 0. The SMILES string of the molecule is Cc1cc(/C=C(\C#N)C(=O)Nc2ccc(F)cc2)c(C)n1C. The highest BCUT2D eigenvalue weighted by Gasteiger charge is 2.12. The highest BCUT2D eigenvalue weighted by atomic mass is 19.1. The number of carbonyl (C=O) groups is 1. The molecule has 2 rings (SSSR count). The highest BCUT2D eigenvalue weighted by molar-refractivity contribution is 6.09. The van der Waals surface area contributed by atoms with Crippen LogP contribution in [-0.2, 0) is 11.8 Å². The molecule has 1 aromatic carbocycles. The minimum absolute atomic E-state index is 0.00183. The molecule has 22 heavy (non-hydrogen) atoms. The second-order valence-corrected chi connectivity index (χ2v) is 5.02. The van der Waals surface area contributed by atoms with Gasteiger partial charge in [-0.2, -0.15) is 5.26 Å². The number of aromatic nitrogens is 1. The maximum Gasteiger partial charge on any atom is 0.266 e. The lowest BCUT2D eigenvalue weighted by Gasteiger charge is -2.04. The molecule has 0 aliphatic carbocycles. The molecule has 4 nitrogen and oxygen atoms in total. The number of rotatable bonds is 3. The Labute approximate surface area is 128 Å². The van der Waals surface area contributed by atoms with Gasteiger partial charge in [0.05, 0.1) is 0 Å². The van der Waals surface area contributed by atoms with Crippen LogP contribution in [0.3, 0.4) is 0 Å². The van der Waals surface area contributed by atoms with Crippen LogP contribution in [0.2, 0.25) is 0 Å². The molecule has 1 N–H and O–H groups in total. The van der Waals surface area contributed by atoms with Crippen LogP contribution in [0.15, 0.2) is 35.9 Å². The maximum absolute atomic E-state index is 12.8. The van der Waals surface area contributed by atoms with Gasteiger partial charge in [0, 0.05) is 24.1 Å². The van der Waals surface area contributed by atoms with Crippen molar-refractivity contribution in [1.29, 1.82) is 5.26 Å². The van der Waals surface area contributed by atoms with Crippen molar-refractivity contribution < 1.29 is 9.18 Å². The van der Waals surface area contributed by atoms with Crippen molar-refractivity contribution in [3.8, 4) is 6.07 Å². The fourth-order valence-corrected chi connectivity index (χ4v) is 2.07. The Kier molecular flexibility index (Phi) is 4.42. The Morgan fingerprint density at radius 1 is 1.32 bits per heavy atom. The molecule has 0 bridgehead atoms. The lowest BCUT2D eigenvalue weighted by molar-refractivity contribution is -0.112. The quantitative estimate of drug-likeness (QED) is 0.698. The maximum atomic E-state index is 12.8. The summed E-state index contributed by atoms with van der Waals surface area (Å²) in [5.41, 5.74) is 3.28. The zero-order valence-corrected chi connectivity index (χ0v) is 12.6. The third-order valence-electron chi connectivity index (χ3n) is 3.58. The standard InChI is InChI=1S/C17H16FN3O/c1-11-8-13(12(2)21(11)3)9-14(10-19)17(22)20-16-6-4-15(18)5-7-16/h4-9H,1-3H3,(H,20,22)/b14-9+. The minimum Gasteiger partial charge on any atom is -0.352 e. The van der Waals surface area contributed by atoms with Crippen molar-refractivity contribution in [3.63, 3.8) is 0 Å². The van der Waals surface area contributed by atoms with E-state index in [0.29, 0.717) is 5.69 Å². The van der Waals surface area contributed by atoms with Crippen LogP contribution in [-0.4, -0.2) is 10.5 Å². The van der Waals surface area contributed by atoms with Gasteiger partial charge in [0.1, 0.15) is 17.5 Å². The number of anilines is 1. The van der Waals surface area contributed by atoms with E-state index in [2.05, 4.69) is 5.32 Å². The summed E-state index contributed by atoms with van der Waals surface area (Å²) in [6.07, 6.45) is 1.56. The third kappa shape index (κ3) is 3.23. The number of halogens is 1. The number of hydrogen-bond acceptors (Lipinski definition) is 2. The second-order valence-electron chi connectivity index (χ2n) is 5.02. The van der Waals surface area contributed by atoms with Gasteiger partial charge in [-0.1, -0.05) is 0 Å². The van der Waals surface area contributed by atoms with Crippen molar-refractivity contribution in [2.24, 2.45) is 7.05 Å². The Bertz CT molecular complexity index is 779. The molecule has 0 saturated carbocycles. The van der Waals surface area contributed by atoms with E-state index in [1.54, 1.807) is 6.08 Å². The average Bonchev–Trinajstić information content (AvgIpc) is 2.74. The molecule has 0 aliphatic heterocycles. The first kappa shape index (κ1) is 15.5. The predicted molar refractivity (Wildman–Crippen MR) is 83.5 cm³/mol. The number of amides is 1. The van der Waals surface area contributed by atoms with Gasteiger partial charge in [-0.15, -0.1) is 0 Å². The van der Waals surface area contributed by atoms with E-state index in [1.165, 1.54) is 24.3 Å². The molecule has 0 atom stereocenters. The summed E-state index contributed by atoms with van der Waals surface area (Å²) < 4.78 is 14.8. The smallest absolute Gasteiger partial charge is 0.266 e. The van der Waals surface area contributed by atoms with E-state index in [-0.39, 0.29) is 11.4 Å². The van der Waals surface area contributed by atoms with Crippen molar-refractivity contribution in [3.05, 3.63) is 58.7 Å². The summed E-state index contributed by atoms with van der Waals surface area (Å²) in [7, 11) is 1.92. The lowest BCUT2D eigenvalue weighted by Crippen LogP contribution is -2.13. The minimum atomic E-state index is -0.519. The van der Waals surface area contributed by atoms with E-state index in [4.69, 9.17) is 0 Å². The molecule has 2 aromatic rings. The van der Waals surface area contributed by atoms with E-state index >= 15 is 0 Å². The van der Waals surface area contributed by atoms with Crippen LogP contribution >= 0.6 is 0 Å². The van der Waals surface area contributed by atoms with Gasteiger partial charge < -0.3 is 9.88 Å². The van der Waals surface area contributed by atoms with Crippen molar-refractivity contribution in [2.45, 2.75) is 13.8 Å². The number of hydrogen-bond donors (Lipinski definition) is 1. The van der Waals surface area contributed by atoms with E-state index in [1.807, 2.05) is 37.6 Å². The fourth-order valence-electron chi connectivity index (χ4n) is 2.07. The molecule has 0 radical (unpaired) electrons. The van der Waals surface area contributed by atoms with E-state index in [9.17, 15) is 14.4 Å². The van der Waals surface area contributed by atoms with Crippen LogP contribution < -0.4 is 5.32 Å². The molecule has 1 aromatic heterocycles. The molecule has 0 spiro atoms. The van der Waals surface area contributed by atoms with Crippen LogP contribution in [0.4, 0.5) is 10.1 Å². The summed E-state index contributed by atoms with van der Waals surface area (Å²) in [5, 5.41) is 11.8. The van der Waals surface area contributed by atoms with Gasteiger partial charge in [0.15, 0.2) is 0 Å². The Morgan fingerprint density at radius 2 is 1.95 bits per heavy atom. The zero-order chi connectivity index (χ0) is 16.3. The molecule has 0 aliphatic rings. The summed E-state index contributed by atoms with van der Waals surface area (Å²) in [6.45, 7) is 3.88. The molecular formula is C17H16FN3O.